The van der Waals surface area contributed by atoms with Crippen LogP contribution in [0, 0.1) is 0 Å². The zero-order valence-electron chi connectivity index (χ0n) is 12.9. The molecule has 1 aliphatic heterocycles. The van der Waals surface area contributed by atoms with E-state index in [0.717, 1.165) is 12.0 Å². The third-order valence-electron chi connectivity index (χ3n) is 3.58. The van der Waals surface area contributed by atoms with Crippen LogP contribution < -0.4 is 10.9 Å². The number of nitrogens with one attached hydrogen (secondary N) is 2. The highest BCUT2D eigenvalue weighted by molar-refractivity contribution is 8.02. The van der Waals surface area contributed by atoms with Gasteiger partial charge in [0.2, 0.25) is 5.91 Å². The number of carbonyl (C=O) groups is 2. The van der Waals surface area contributed by atoms with Crippen molar-refractivity contribution in [1.29, 1.82) is 0 Å². The number of hydrogen-bond acceptors (Lipinski definition) is 5. The van der Waals surface area contributed by atoms with Crippen molar-refractivity contribution >= 4 is 33.4 Å². The third kappa shape index (κ3) is 5.54. The molecular weight excluding hydrogens is 336 g/mol. The number of benzene rings is 1. The number of amides is 2. The van der Waals surface area contributed by atoms with Crippen molar-refractivity contribution in [3.05, 3.63) is 35.4 Å². The molecular formula is C15H20N2O4S2. The summed E-state index contributed by atoms with van der Waals surface area (Å²) in [5.41, 5.74) is 6.31. The number of thioether (sulfide) groups is 1. The van der Waals surface area contributed by atoms with E-state index in [4.69, 9.17) is 0 Å². The van der Waals surface area contributed by atoms with Crippen LogP contribution in [0.4, 0.5) is 0 Å². The van der Waals surface area contributed by atoms with Crippen molar-refractivity contribution in [2.24, 2.45) is 0 Å². The first-order valence-electron chi connectivity index (χ1n) is 7.40. The average Bonchev–Trinajstić information content (AvgIpc) is 2.89. The minimum atomic E-state index is -2.93. The topological polar surface area (TPSA) is 92.3 Å². The highest BCUT2D eigenvalue weighted by atomic mass is 32.2. The van der Waals surface area contributed by atoms with E-state index in [-0.39, 0.29) is 34.3 Å². The molecule has 0 aromatic heterocycles. The summed E-state index contributed by atoms with van der Waals surface area (Å²) in [4.78, 5) is 23.6. The zero-order valence-corrected chi connectivity index (χ0v) is 14.5. The number of hydrogen-bond donors (Lipinski definition) is 2. The molecule has 0 spiro atoms. The Labute approximate surface area is 140 Å². The maximum absolute atomic E-state index is 11.9. The molecule has 1 fully saturated rings. The van der Waals surface area contributed by atoms with Crippen LogP contribution >= 0.6 is 11.8 Å². The Morgan fingerprint density at radius 1 is 1.22 bits per heavy atom. The van der Waals surface area contributed by atoms with E-state index in [9.17, 15) is 18.0 Å². The number of carbonyl (C=O) groups excluding carboxylic acids is 2. The van der Waals surface area contributed by atoms with Crippen LogP contribution in [0.25, 0.3) is 0 Å². The van der Waals surface area contributed by atoms with Gasteiger partial charge in [0, 0.05) is 10.8 Å². The monoisotopic (exact) mass is 356 g/mol. The molecule has 0 bridgehead atoms. The molecule has 0 unspecified atom stereocenters. The second-order valence-electron chi connectivity index (χ2n) is 5.39. The number of sulfone groups is 1. The first-order chi connectivity index (χ1) is 10.9. The summed E-state index contributed by atoms with van der Waals surface area (Å²) in [5.74, 6) is -0.292. The van der Waals surface area contributed by atoms with Gasteiger partial charge in [-0.1, -0.05) is 19.1 Å². The van der Waals surface area contributed by atoms with Crippen LogP contribution in [0.3, 0.4) is 0 Å². The summed E-state index contributed by atoms with van der Waals surface area (Å²) in [6.45, 7) is 2.03. The minimum absolute atomic E-state index is 0.0389. The lowest BCUT2D eigenvalue weighted by molar-refractivity contribution is -0.119. The lowest BCUT2D eigenvalue weighted by atomic mass is 10.1. The van der Waals surface area contributed by atoms with Crippen LogP contribution in [0.5, 0.6) is 0 Å². The smallest absolute Gasteiger partial charge is 0.269 e. The quantitative estimate of drug-likeness (QED) is 0.766. The van der Waals surface area contributed by atoms with E-state index in [1.165, 1.54) is 11.8 Å². The van der Waals surface area contributed by atoms with Gasteiger partial charge in [0.15, 0.2) is 9.84 Å². The molecule has 23 heavy (non-hydrogen) atoms. The van der Waals surface area contributed by atoms with E-state index in [1.807, 2.05) is 19.1 Å². The van der Waals surface area contributed by atoms with Gasteiger partial charge >= 0.3 is 0 Å². The van der Waals surface area contributed by atoms with Gasteiger partial charge in [-0.3, -0.25) is 20.4 Å². The standard InChI is InChI=1S/C15H20N2O4S2/c1-2-11-3-5-12(6-4-11)15(19)17-16-14(18)9-22-13-7-8-23(20,21)10-13/h3-6,13H,2,7-10H2,1H3,(H,16,18)(H,17,19)/t13-/m0/s1. The van der Waals surface area contributed by atoms with E-state index >= 15 is 0 Å². The van der Waals surface area contributed by atoms with Gasteiger partial charge in [0.1, 0.15) is 0 Å². The lowest BCUT2D eigenvalue weighted by Gasteiger charge is -2.09. The summed E-state index contributed by atoms with van der Waals surface area (Å²) in [6, 6.07) is 7.15. The summed E-state index contributed by atoms with van der Waals surface area (Å²) in [6.07, 6.45) is 1.48. The van der Waals surface area contributed by atoms with Crippen molar-refractivity contribution in [3.63, 3.8) is 0 Å². The highest BCUT2D eigenvalue weighted by Crippen LogP contribution is 2.23. The Hall–Kier alpha value is -1.54. The van der Waals surface area contributed by atoms with Crippen molar-refractivity contribution in [2.45, 2.75) is 25.0 Å². The second kappa shape index (κ2) is 7.83. The Morgan fingerprint density at radius 2 is 1.91 bits per heavy atom. The van der Waals surface area contributed by atoms with Gasteiger partial charge in [-0.15, -0.1) is 11.8 Å². The van der Waals surface area contributed by atoms with Crippen molar-refractivity contribution in [1.82, 2.24) is 10.9 Å². The second-order valence-corrected chi connectivity index (χ2v) is 8.91. The van der Waals surface area contributed by atoms with E-state index in [0.29, 0.717) is 12.0 Å². The molecule has 2 rings (SSSR count). The summed E-state index contributed by atoms with van der Waals surface area (Å²) in [7, 11) is -2.93. The van der Waals surface area contributed by atoms with Crippen molar-refractivity contribution < 1.29 is 18.0 Å². The SMILES string of the molecule is CCc1ccc(C(=O)NNC(=O)CS[C@H]2CCS(=O)(=O)C2)cc1. The lowest BCUT2D eigenvalue weighted by Crippen LogP contribution is -2.42. The molecule has 1 heterocycles. The predicted octanol–water partition coefficient (Wildman–Crippen LogP) is 0.930. The Bertz CT molecular complexity index is 671. The van der Waals surface area contributed by atoms with Crippen molar-refractivity contribution in [2.75, 3.05) is 17.3 Å². The van der Waals surface area contributed by atoms with Crippen LogP contribution in [-0.2, 0) is 21.1 Å². The van der Waals surface area contributed by atoms with Crippen LogP contribution in [0.1, 0.15) is 29.3 Å². The zero-order chi connectivity index (χ0) is 16.9. The first kappa shape index (κ1) is 17.8. The average molecular weight is 356 g/mol. The van der Waals surface area contributed by atoms with Crippen LogP contribution in [-0.4, -0.2) is 42.7 Å². The van der Waals surface area contributed by atoms with E-state index < -0.39 is 9.84 Å². The fraction of sp³-hybridized carbons (Fsp3) is 0.467. The molecule has 8 heteroatoms. The maximum atomic E-state index is 11.9. The molecule has 0 radical (unpaired) electrons. The number of aryl methyl sites for hydroxylation is 1. The van der Waals surface area contributed by atoms with Gasteiger partial charge in [-0.2, -0.15) is 0 Å². The first-order valence-corrected chi connectivity index (χ1v) is 10.3. The van der Waals surface area contributed by atoms with Gasteiger partial charge in [-0.25, -0.2) is 8.42 Å². The summed E-state index contributed by atoms with van der Waals surface area (Å²) >= 11 is 1.30. The van der Waals surface area contributed by atoms with Crippen LogP contribution in [0.15, 0.2) is 24.3 Å². The number of hydrazine groups is 1. The van der Waals surface area contributed by atoms with Gasteiger partial charge in [-0.05, 0) is 30.5 Å². The molecule has 6 nitrogen and oxygen atoms in total. The van der Waals surface area contributed by atoms with E-state index in [2.05, 4.69) is 10.9 Å². The maximum Gasteiger partial charge on any atom is 0.269 e. The molecule has 126 valence electrons. The number of rotatable bonds is 5. The molecule has 1 atom stereocenters. The van der Waals surface area contributed by atoms with Gasteiger partial charge in [0.25, 0.3) is 5.91 Å². The van der Waals surface area contributed by atoms with Crippen molar-refractivity contribution in [3.8, 4) is 0 Å². The highest BCUT2D eigenvalue weighted by Gasteiger charge is 2.28. The predicted molar refractivity (Wildman–Crippen MR) is 90.9 cm³/mol. The Balaban J connectivity index is 1.72. The Morgan fingerprint density at radius 3 is 2.48 bits per heavy atom. The minimum Gasteiger partial charge on any atom is -0.272 e. The molecule has 0 aliphatic carbocycles. The van der Waals surface area contributed by atoms with Gasteiger partial charge < -0.3 is 0 Å². The normalized spacial score (nSPS) is 19.3. The largest absolute Gasteiger partial charge is 0.272 e. The molecule has 2 amide bonds. The molecule has 1 saturated heterocycles. The fourth-order valence-corrected chi connectivity index (χ4v) is 5.66. The van der Waals surface area contributed by atoms with Gasteiger partial charge in [0.05, 0.1) is 17.3 Å². The summed E-state index contributed by atoms with van der Waals surface area (Å²) < 4.78 is 22.7. The molecule has 0 saturated carbocycles. The third-order valence-corrected chi connectivity index (χ3v) is 6.86. The van der Waals surface area contributed by atoms with Crippen LogP contribution in [0.2, 0.25) is 0 Å². The van der Waals surface area contributed by atoms with E-state index in [1.54, 1.807) is 12.1 Å². The fourth-order valence-electron chi connectivity index (χ4n) is 2.21. The summed E-state index contributed by atoms with van der Waals surface area (Å²) in [5, 5.41) is -0.0389. The molecule has 1 aromatic carbocycles. The molecule has 1 aromatic rings. The molecule has 1 aliphatic rings. The Kier molecular flexibility index (Phi) is 6.06. The molecule has 2 N–H and O–H groups in total.